The van der Waals surface area contributed by atoms with Crippen molar-refractivity contribution in [2.75, 3.05) is 13.1 Å². The van der Waals surface area contributed by atoms with E-state index >= 15 is 0 Å². The van der Waals surface area contributed by atoms with Crippen molar-refractivity contribution < 1.29 is 4.39 Å². The van der Waals surface area contributed by atoms with Crippen molar-refractivity contribution in [3.8, 4) is 22.1 Å². The molecule has 0 radical (unpaired) electrons. The van der Waals surface area contributed by atoms with Gasteiger partial charge in [0.2, 0.25) is 0 Å². The van der Waals surface area contributed by atoms with Crippen LogP contribution in [0.5, 0.6) is 0 Å². The van der Waals surface area contributed by atoms with Gasteiger partial charge in [0, 0.05) is 11.6 Å². The van der Waals surface area contributed by atoms with E-state index < -0.39 is 0 Å². The van der Waals surface area contributed by atoms with Gasteiger partial charge in [-0.05, 0) is 67.7 Å². The van der Waals surface area contributed by atoms with Crippen LogP contribution in [0.4, 0.5) is 4.39 Å². The van der Waals surface area contributed by atoms with E-state index in [4.69, 9.17) is 4.98 Å². The number of halogens is 1. The topological polar surface area (TPSA) is 82.3 Å². The molecule has 150 valence electrons. The summed E-state index contributed by atoms with van der Waals surface area (Å²) in [6.07, 6.45) is 4.01. The highest BCUT2D eigenvalue weighted by Gasteiger charge is 2.19. The summed E-state index contributed by atoms with van der Waals surface area (Å²) in [5.41, 5.74) is 5.38. The predicted octanol–water partition coefficient (Wildman–Crippen LogP) is 4.84. The third kappa shape index (κ3) is 2.91. The van der Waals surface area contributed by atoms with Gasteiger partial charge in [-0.3, -0.25) is 10.1 Å². The molecule has 8 heteroatoms. The summed E-state index contributed by atoms with van der Waals surface area (Å²) in [5.74, 6) is 1.25. The minimum Gasteiger partial charge on any atom is -0.336 e. The third-order valence-electron chi connectivity index (χ3n) is 5.83. The number of aromatic nitrogens is 5. The number of benzene rings is 1. The summed E-state index contributed by atoms with van der Waals surface area (Å²) >= 11 is 1.07. The lowest BCUT2D eigenvalue weighted by Gasteiger charge is -2.23. The monoisotopic (exact) mass is 418 g/mol. The van der Waals surface area contributed by atoms with Gasteiger partial charge < -0.3 is 10.3 Å². The first-order chi connectivity index (χ1) is 14.8. The van der Waals surface area contributed by atoms with Gasteiger partial charge in [-0.15, -0.1) is 11.3 Å². The van der Waals surface area contributed by atoms with Gasteiger partial charge in [-0.2, -0.15) is 9.49 Å². The molecule has 0 saturated carbocycles. The molecule has 0 amide bonds. The number of thiophene rings is 1. The first-order valence-corrected chi connectivity index (χ1v) is 10.9. The Morgan fingerprint density at radius 3 is 2.73 bits per heavy atom. The molecular formula is C22H19FN6S. The van der Waals surface area contributed by atoms with E-state index in [1.807, 2.05) is 6.07 Å². The van der Waals surface area contributed by atoms with Crippen LogP contribution in [-0.2, 0) is 0 Å². The summed E-state index contributed by atoms with van der Waals surface area (Å²) in [6, 6.07) is 11.6. The molecule has 4 aromatic heterocycles. The summed E-state index contributed by atoms with van der Waals surface area (Å²) in [7, 11) is 0. The zero-order chi connectivity index (χ0) is 20.1. The van der Waals surface area contributed by atoms with Gasteiger partial charge in [0.1, 0.15) is 16.9 Å². The van der Waals surface area contributed by atoms with Gasteiger partial charge in [0.25, 0.3) is 0 Å². The number of nitrogens with one attached hydrogen (secondary N) is 3. The van der Waals surface area contributed by atoms with E-state index in [0.29, 0.717) is 17.4 Å². The number of fused-ring (bicyclic) bond motifs is 2. The third-order valence-corrected chi connectivity index (χ3v) is 6.71. The number of pyridine rings is 1. The van der Waals surface area contributed by atoms with Crippen LogP contribution < -0.4 is 5.32 Å². The van der Waals surface area contributed by atoms with E-state index in [1.165, 1.54) is 11.6 Å². The molecule has 0 aliphatic carbocycles. The van der Waals surface area contributed by atoms with Gasteiger partial charge >= 0.3 is 0 Å². The first-order valence-electron chi connectivity index (χ1n) is 10.1. The van der Waals surface area contributed by atoms with E-state index in [1.54, 1.807) is 12.3 Å². The molecule has 0 bridgehead atoms. The standard InChI is InChI=1S/C22H19FN6S/c23-18-4-3-17(30-18)21-20-16(7-10-25-21)26-22(27-20)19-14-11-13(1-2-15(14)28-29-19)12-5-8-24-9-6-12/h1-4,7,10-12,24H,5-6,8-9H2,(H,26,27)(H,28,29). The van der Waals surface area contributed by atoms with Crippen LogP contribution in [0.3, 0.4) is 0 Å². The maximum Gasteiger partial charge on any atom is 0.177 e. The fraction of sp³-hybridized carbons (Fsp3) is 0.227. The van der Waals surface area contributed by atoms with E-state index in [0.717, 1.165) is 69.8 Å². The Kier molecular flexibility index (Phi) is 4.14. The van der Waals surface area contributed by atoms with Crippen molar-refractivity contribution in [2.24, 2.45) is 0 Å². The lowest BCUT2D eigenvalue weighted by atomic mass is 9.89. The Balaban J connectivity index is 1.47. The Hall–Kier alpha value is -3.10. The van der Waals surface area contributed by atoms with E-state index in [9.17, 15) is 4.39 Å². The fourth-order valence-electron chi connectivity index (χ4n) is 4.29. The van der Waals surface area contributed by atoms with Crippen LogP contribution in [0.25, 0.3) is 44.0 Å². The van der Waals surface area contributed by atoms with Crippen LogP contribution in [-0.4, -0.2) is 38.2 Å². The average molecular weight is 419 g/mol. The minimum atomic E-state index is -0.233. The first kappa shape index (κ1) is 17.7. The number of aromatic amines is 2. The lowest BCUT2D eigenvalue weighted by Crippen LogP contribution is -2.26. The van der Waals surface area contributed by atoms with Crippen molar-refractivity contribution in [1.29, 1.82) is 0 Å². The molecular weight excluding hydrogens is 399 g/mol. The van der Waals surface area contributed by atoms with Gasteiger partial charge in [-0.1, -0.05) is 6.07 Å². The minimum absolute atomic E-state index is 0.233. The highest BCUT2D eigenvalue weighted by Crippen LogP contribution is 2.34. The quantitative estimate of drug-likeness (QED) is 0.392. The summed E-state index contributed by atoms with van der Waals surface area (Å²) in [5, 5.41) is 11.9. The van der Waals surface area contributed by atoms with Crippen molar-refractivity contribution in [1.82, 2.24) is 30.5 Å². The molecule has 30 heavy (non-hydrogen) atoms. The Morgan fingerprint density at radius 2 is 1.90 bits per heavy atom. The van der Waals surface area contributed by atoms with E-state index in [2.05, 4.69) is 43.7 Å². The number of imidazole rings is 1. The van der Waals surface area contributed by atoms with Crippen LogP contribution in [0, 0.1) is 5.13 Å². The molecule has 0 spiro atoms. The predicted molar refractivity (Wildman–Crippen MR) is 117 cm³/mol. The van der Waals surface area contributed by atoms with Crippen LogP contribution in [0.15, 0.2) is 42.6 Å². The number of rotatable bonds is 3. The molecule has 5 heterocycles. The average Bonchev–Trinajstić information content (AvgIpc) is 3.51. The molecule has 1 saturated heterocycles. The Morgan fingerprint density at radius 1 is 1.00 bits per heavy atom. The lowest BCUT2D eigenvalue weighted by molar-refractivity contribution is 0.460. The molecule has 3 N–H and O–H groups in total. The highest BCUT2D eigenvalue weighted by molar-refractivity contribution is 7.13. The SMILES string of the molecule is Fc1ccc(-c2nccc3[nH]c(-c4n[nH]c5ccc(C6CCNCC6)cc45)nc23)s1. The van der Waals surface area contributed by atoms with Gasteiger partial charge in [0.05, 0.1) is 15.9 Å². The number of piperidine rings is 1. The smallest absolute Gasteiger partial charge is 0.177 e. The maximum atomic E-state index is 13.6. The van der Waals surface area contributed by atoms with E-state index in [-0.39, 0.29) is 5.13 Å². The van der Waals surface area contributed by atoms with Gasteiger partial charge in [-0.25, -0.2) is 4.98 Å². The fourth-order valence-corrected chi connectivity index (χ4v) is 5.02. The van der Waals surface area contributed by atoms with Crippen molar-refractivity contribution in [3.05, 3.63) is 53.3 Å². The van der Waals surface area contributed by atoms with Crippen LogP contribution >= 0.6 is 11.3 Å². The molecule has 1 fully saturated rings. The van der Waals surface area contributed by atoms with Crippen molar-refractivity contribution in [3.63, 3.8) is 0 Å². The summed E-state index contributed by atoms with van der Waals surface area (Å²) < 4.78 is 13.6. The molecule has 1 aliphatic heterocycles. The molecule has 0 atom stereocenters. The summed E-state index contributed by atoms with van der Waals surface area (Å²) in [6.45, 7) is 2.12. The number of hydrogen-bond acceptors (Lipinski definition) is 5. The van der Waals surface area contributed by atoms with Gasteiger partial charge in [0.15, 0.2) is 11.0 Å². The largest absolute Gasteiger partial charge is 0.336 e. The summed E-state index contributed by atoms with van der Waals surface area (Å²) in [4.78, 5) is 13.4. The Bertz CT molecular complexity index is 1360. The second-order valence-electron chi connectivity index (χ2n) is 7.65. The van der Waals surface area contributed by atoms with Crippen LogP contribution in [0.1, 0.15) is 24.3 Å². The molecule has 5 aromatic rings. The Labute approximate surface area is 175 Å². The molecule has 1 aromatic carbocycles. The number of nitrogens with zero attached hydrogens (tertiary/aromatic N) is 3. The molecule has 1 aliphatic rings. The zero-order valence-corrected chi connectivity index (χ0v) is 16.9. The number of hydrogen-bond donors (Lipinski definition) is 3. The zero-order valence-electron chi connectivity index (χ0n) is 16.1. The second-order valence-corrected chi connectivity index (χ2v) is 8.68. The van der Waals surface area contributed by atoms with Crippen molar-refractivity contribution in [2.45, 2.75) is 18.8 Å². The maximum absolute atomic E-state index is 13.6. The van der Waals surface area contributed by atoms with Crippen molar-refractivity contribution >= 4 is 33.3 Å². The highest BCUT2D eigenvalue weighted by atomic mass is 32.1. The second kappa shape index (κ2) is 7.00. The van der Waals surface area contributed by atoms with Crippen LogP contribution in [0.2, 0.25) is 0 Å². The molecule has 0 unspecified atom stereocenters. The normalized spacial score (nSPS) is 15.4. The number of H-pyrrole nitrogens is 2. The molecule has 6 nitrogen and oxygen atoms in total. The molecule has 6 rings (SSSR count).